The minimum Gasteiger partial charge on any atom is -0.354 e. The zero-order valence-electron chi connectivity index (χ0n) is 10.3. The summed E-state index contributed by atoms with van der Waals surface area (Å²) in [6.07, 6.45) is 2.08. The molecule has 94 valence electrons. The van der Waals surface area contributed by atoms with Gasteiger partial charge in [0.1, 0.15) is 5.84 Å². The molecule has 1 aromatic carbocycles. The number of carbonyl (C=O) groups excluding carboxylic acids is 1. The topological polar surface area (TPSA) is 56.2 Å². The van der Waals surface area contributed by atoms with E-state index in [2.05, 4.69) is 11.4 Å². The third-order valence-corrected chi connectivity index (χ3v) is 3.58. The van der Waals surface area contributed by atoms with E-state index in [-0.39, 0.29) is 11.8 Å². The van der Waals surface area contributed by atoms with Crippen molar-refractivity contribution >= 4 is 11.7 Å². The fourth-order valence-electron chi connectivity index (χ4n) is 2.34. The molecule has 0 saturated heterocycles. The Bertz CT molecular complexity index is 494. The van der Waals surface area contributed by atoms with Gasteiger partial charge in [0, 0.05) is 31.1 Å². The third kappa shape index (κ3) is 2.10. The molecule has 4 heteroatoms. The van der Waals surface area contributed by atoms with Crippen LogP contribution in [0.5, 0.6) is 0 Å². The lowest BCUT2D eigenvalue weighted by atomic mass is 10.1. The van der Waals surface area contributed by atoms with Gasteiger partial charge < -0.3 is 10.2 Å². The Hall–Kier alpha value is -1.84. The third-order valence-electron chi connectivity index (χ3n) is 3.58. The van der Waals surface area contributed by atoms with Crippen molar-refractivity contribution < 1.29 is 4.79 Å². The van der Waals surface area contributed by atoms with Crippen LogP contribution in [0, 0.1) is 11.3 Å². The molecule has 1 amide bonds. The molecule has 0 radical (unpaired) electrons. The normalized spacial score (nSPS) is 17.8. The van der Waals surface area contributed by atoms with Crippen LogP contribution in [0.1, 0.15) is 24.0 Å². The van der Waals surface area contributed by atoms with Crippen molar-refractivity contribution in [1.29, 1.82) is 5.41 Å². The molecule has 2 aliphatic rings. The van der Waals surface area contributed by atoms with E-state index in [1.807, 2.05) is 23.1 Å². The van der Waals surface area contributed by atoms with Gasteiger partial charge in [0.05, 0.1) is 0 Å². The van der Waals surface area contributed by atoms with Gasteiger partial charge >= 0.3 is 0 Å². The molecule has 3 rings (SSSR count). The Morgan fingerprint density at radius 2 is 2.17 bits per heavy atom. The molecule has 0 unspecified atom stereocenters. The van der Waals surface area contributed by atoms with E-state index in [9.17, 15) is 4.79 Å². The first kappa shape index (κ1) is 11.3. The average Bonchev–Trinajstić information content (AvgIpc) is 3.17. The number of carbonyl (C=O) groups is 1. The Balaban J connectivity index is 1.53. The van der Waals surface area contributed by atoms with E-state index < -0.39 is 0 Å². The molecule has 0 atom stereocenters. The van der Waals surface area contributed by atoms with Gasteiger partial charge in [-0.05, 0) is 18.4 Å². The molecular formula is C14H17N3O. The number of fused-ring (bicyclic) bond motifs is 1. The van der Waals surface area contributed by atoms with Gasteiger partial charge in [0.25, 0.3) is 0 Å². The van der Waals surface area contributed by atoms with E-state index in [1.165, 1.54) is 5.56 Å². The fraction of sp³-hybridized carbons (Fsp3) is 0.429. The molecule has 18 heavy (non-hydrogen) atoms. The minimum absolute atomic E-state index is 0.179. The summed E-state index contributed by atoms with van der Waals surface area (Å²) < 4.78 is 0. The van der Waals surface area contributed by atoms with E-state index in [1.54, 1.807) is 0 Å². The van der Waals surface area contributed by atoms with Crippen molar-refractivity contribution in [2.75, 3.05) is 13.1 Å². The van der Waals surface area contributed by atoms with E-state index >= 15 is 0 Å². The van der Waals surface area contributed by atoms with E-state index in [0.717, 1.165) is 24.9 Å². The summed E-state index contributed by atoms with van der Waals surface area (Å²) >= 11 is 0. The Labute approximate surface area is 106 Å². The number of rotatable bonds is 4. The molecular weight excluding hydrogens is 226 g/mol. The quantitative estimate of drug-likeness (QED) is 0.838. The zero-order valence-corrected chi connectivity index (χ0v) is 10.3. The van der Waals surface area contributed by atoms with Crippen molar-refractivity contribution in [1.82, 2.24) is 10.2 Å². The number of hydrogen-bond acceptors (Lipinski definition) is 2. The maximum absolute atomic E-state index is 11.5. The van der Waals surface area contributed by atoms with Crippen LogP contribution in [-0.2, 0) is 11.3 Å². The molecule has 2 N–H and O–H groups in total. The maximum atomic E-state index is 11.5. The molecule has 1 saturated carbocycles. The van der Waals surface area contributed by atoms with Crippen LogP contribution < -0.4 is 5.32 Å². The van der Waals surface area contributed by atoms with Gasteiger partial charge in [-0.2, -0.15) is 0 Å². The van der Waals surface area contributed by atoms with Gasteiger partial charge in [0.15, 0.2) is 0 Å². The molecule has 0 bridgehead atoms. The number of amidine groups is 1. The minimum atomic E-state index is 0.179. The van der Waals surface area contributed by atoms with Crippen molar-refractivity contribution in [2.24, 2.45) is 5.92 Å². The molecule has 0 spiro atoms. The summed E-state index contributed by atoms with van der Waals surface area (Å²) in [5.41, 5.74) is 2.22. The molecule has 4 nitrogen and oxygen atoms in total. The molecule has 1 heterocycles. The van der Waals surface area contributed by atoms with Crippen molar-refractivity contribution in [3.63, 3.8) is 0 Å². The second-order valence-electron chi connectivity index (χ2n) is 4.99. The standard InChI is InChI=1S/C14H17N3O/c15-13-12-4-2-1-3-11(12)9-17(13)8-7-16-14(18)10-5-6-10/h1-4,10,15H,5-9H2,(H,16,18). The second kappa shape index (κ2) is 4.44. The van der Waals surface area contributed by atoms with E-state index in [0.29, 0.717) is 18.9 Å². The molecule has 1 aromatic rings. The number of amides is 1. The zero-order chi connectivity index (χ0) is 12.5. The fourth-order valence-corrected chi connectivity index (χ4v) is 2.34. The average molecular weight is 243 g/mol. The summed E-state index contributed by atoms with van der Waals surface area (Å²) in [4.78, 5) is 13.5. The monoisotopic (exact) mass is 243 g/mol. The maximum Gasteiger partial charge on any atom is 0.223 e. The summed E-state index contributed by atoms with van der Waals surface area (Å²) in [5, 5.41) is 11.0. The lowest BCUT2D eigenvalue weighted by Crippen LogP contribution is -2.35. The number of nitrogens with zero attached hydrogens (tertiary/aromatic N) is 1. The lowest BCUT2D eigenvalue weighted by molar-refractivity contribution is -0.122. The van der Waals surface area contributed by atoms with Crippen LogP contribution >= 0.6 is 0 Å². The molecule has 1 aliphatic heterocycles. The smallest absolute Gasteiger partial charge is 0.223 e. The SMILES string of the molecule is N=C1c2ccccc2CN1CCNC(=O)C1CC1. The summed E-state index contributed by atoms with van der Waals surface area (Å²) in [5.74, 6) is 1.02. The van der Waals surface area contributed by atoms with Crippen molar-refractivity contribution in [2.45, 2.75) is 19.4 Å². The lowest BCUT2D eigenvalue weighted by Gasteiger charge is -2.18. The van der Waals surface area contributed by atoms with Crippen LogP contribution in [0.4, 0.5) is 0 Å². The first-order valence-corrected chi connectivity index (χ1v) is 6.45. The highest BCUT2D eigenvalue weighted by atomic mass is 16.2. The molecule has 1 aliphatic carbocycles. The van der Waals surface area contributed by atoms with Gasteiger partial charge in [-0.3, -0.25) is 10.2 Å². The highest BCUT2D eigenvalue weighted by Crippen LogP contribution is 2.28. The number of benzene rings is 1. The largest absolute Gasteiger partial charge is 0.354 e. The summed E-state index contributed by atoms with van der Waals surface area (Å²) in [6, 6.07) is 8.02. The summed E-state index contributed by atoms with van der Waals surface area (Å²) in [6.45, 7) is 2.13. The van der Waals surface area contributed by atoms with E-state index in [4.69, 9.17) is 5.41 Å². The van der Waals surface area contributed by atoms with Crippen LogP contribution in [0.15, 0.2) is 24.3 Å². The van der Waals surface area contributed by atoms with Crippen LogP contribution in [0.2, 0.25) is 0 Å². The first-order chi connectivity index (χ1) is 8.75. The van der Waals surface area contributed by atoms with Gasteiger partial charge in [-0.15, -0.1) is 0 Å². The van der Waals surface area contributed by atoms with Crippen molar-refractivity contribution in [3.8, 4) is 0 Å². The first-order valence-electron chi connectivity index (χ1n) is 6.45. The Kier molecular flexibility index (Phi) is 2.78. The number of nitrogens with one attached hydrogen (secondary N) is 2. The molecule has 0 aromatic heterocycles. The second-order valence-corrected chi connectivity index (χ2v) is 4.99. The van der Waals surface area contributed by atoms with Gasteiger partial charge in [-0.1, -0.05) is 24.3 Å². The highest BCUT2D eigenvalue weighted by Gasteiger charge is 2.29. The van der Waals surface area contributed by atoms with Crippen LogP contribution in [0.3, 0.4) is 0 Å². The predicted octanol–water partition coefficient (Wildman–Crippen LogP) is 1.35. The number of hydrogen-bond donors (Lipinski definition) is 2. The van der Waals surface area contributed by atoms with Crippen LogP contribution in [-0.4, -0.2) is 29.7 Å². The van der Waals surface area contributed by atoms with Crippen molar-refractivity contribution in [3.05, 3.63) is 35.4 Å². The molecule has 1 fully saturated rings. The Morgan fingerprint density at radius 3 is 2.89 bits per heavy atom. The predicted molar refractivity (Wildman–Crippen MR) is 69.4 cm³/mol. The summed E-state index contributed by atoms with van der Waals surface area (Å²) in [7, 11) is 0. The van der Waals surface area contributed by atoms with Crippen LogP contribution in [0.25, 0.3) is 0 Å². The highest BCUT2D eigenvalue weighted by molar-refractivity contribution is 6.00. The van der Waals surface area contributed by atoms with Gasteiger partial charge in [-0.25, -0.2) is 0 Å². The Morgan fingerprint density at radius 1 is 1.39 bits per heavy atom. The van der Waals surface area contributed by atoms with Gasteiger partial charge in [0.2, 0.25) is 5.91 Å².